The molecule has 3 aromatic rings. The molecule has 0 radical (unpaired) electrons. The number of esters is 1. The second kappa shape index (κ2) is 11.1. The number of rotatable bonds is 8. The summed E-state index contributed by atoms with van der Waals surface area (Å²) in [7, 11) is 2.74. The summed E-state index contributed by atoms with van der Waals surface area (Å²) in [6, 6.07) is 15.5. The maximum atomic E-state index is 13.3. The number of thiocarbonyl (C=S) groups is 1. The lowest BCUT2D eigenvalue weighted by Crippen LogP contribution is -2.54. The second-order valence-corrected chi connectivity index (χ2v) is 8.32. The first-order valence-electron chi connectivity index (χ1n) is 11.3. The van der Waals surface area contributed by atoms with Crippen molar-refractivity contribution in [1.82, 2.24) is 5.32 Å². The van der Waals surface area contributed by atoms with Gasteiger partial charge in [-0.25, -0.2) is 4.79 Å². The zero-order valence-electron chi connectivity index (χ0n) is 20.4. The van der Waals surface area contributed by atoms with Crippen LogP contribution < -0.4 is 19.7 Å². The van der Waals surface area contributed by atoms with Crippen LogP contribution in [-0.4, -0.2) is 37.1 Å². The molecule has 2 amide bonds. The summed E-state index contributed by atoms with van der Waals surface area (Å²) in [5.74, 6) is -0.438. The Bertz CT molecular complexity index is 1390. The number of benzene rings is 2. The summed E-state index contributed by atoms with van der Waals surface area (Å²) < 4.78 is 21.2. The molecule has 37 heavy (non-hydrogen) atoms. The topological polar surface area (TPSA) is 107 Å². The Labute approximate surface area is 218 Å². The highest BCUT2D eigenvalue weighted by Crippen LogP contribution is 2.31. The summed E-state index contributed by atoms with van der Waals surface area (Å²) in [5, 5.41) is 2.60. The van der Waals surface area contributed by atoms with E-state index >= 15 is 0 Å². The predicted molar refractivity (Wildman–Crippen MR) is 139 cm³/mol. The van der Waals surface area contributed by atoms with Gasteiger partial charge in [0.25, 0.3) is 11.8 Å². The van der Waals surface area contributed by atoms with Gasteiger partial charge in [-0.05, 0) is 72.2 Å². The monoisotopic (exact) mass is 520 g/mol. The molecule has 2 heterocycles. The van der Waals surface area contributed by atoms with Gasteiger partial charge in [0.1, 0.15) is 17.9 Å². The average molecular weight is 521 g/mol. The van der Waals surface area contributed by atoms with Crippen LogP contribution in [0, 0.1) is 0 Å². The number of nitrogens with one attached hydrogen (secondary N) is 1. The van der Waals surface area contributed by atoms with Crippen molar-refractivity contribution >= 4 is 46.9 Å². The van der Waals surface area contributed by atoms with Gasteiger partial charge in [-0.2, -0.15) is 0 Å². The molecule has 1 saturated heterocycles. The molecule has 1 aliphatic heterocycles. The van der Waals surface area contributed by atoms with Crippen molar-refractivity contribution in [2.24, 2.45) is 0 Å². The van der Waals surface area contributed by atoms with Crippen molar-refractivity contribution in [3.63, 3.8) is 0 Å². The van der Waals surface area contributed by atoms with Crippen LogP contribution in [-0.2, 0) is 27.4 Å². The van der Waals surface area contributed by atoms with Crippen molar-refractivity contribution in [3.8, 4) is 11.5 Å². The molecule has 9 nitrogen and oxygen atoms in total. The average Bonchev–Trinajstić information content (AvgIpc) is 3.39. The van der Waals surface area contributed by atoms with Gasteiger partial charge in [-0.3, -0.25) is 19.8 Å². The third kappa shape index (κ3) is 5.54. The van der Waals surface area contributed by atoms with E-state index in [9.17, 15) is 14.4 Å². The summed E-state index contributed by atoms with van der Waals surface area (Å²) in [4.78, 5) is 38.7. The van der Waals surface area contributed by atoms with Crippen molar-refractivity contribution in [3.05, 3.63) is 82.8 Å². The number of furan rings is 1. The van der Waals surface area contributed by atoms with Gasteiger partial charge >= 0.3 is 5.97 Å². The fraction of sp³-hybridized carbons (Fsp3) is 0.185. The van der Waals surface area contributed by atoms with E-state index < -0.39 is 17.8 Å². The molecule has 1 fully saturated rings. The minimum absolute atomic E-state index is 0.0195. The normalized spacial score (nSPS) is 14.5. The van der Waals surface area contributed by atoms with Gasteiger partial charge in [-0.15, -0.1) is 0 Å². The van der Waals surface area contributed by atoms with Gasteiger partial charge in [0.2, 0.25) is 5.76 Å². The minimum atomic E-state index is -0.588. The van der Waals surface area contributed by atoms with Crippen LogP contribution in [0.5, 0.6) is 11.5 Å². The number of carbonyl (C=O) groups excluding carboxylic acids is 3. The van der Waals surface area contributed by atoms with E-state index in [-0.39, 0.29) is 23.1 Å². The van der Waals surface area contributed by atoms with E-state index in [1.807, 2.05) is 19.1 Å². The zero-order valence-corrected chi connectivity index (χ0v) is 21.2. The lowest BCUT2D eigenvalue weighted by Gasteiger charge is -2.29. The maximum Gasteiger partial charge on any atom is 0.373 e. The van der Waals surface area contributed by atoms with Gasteiger partial charge in [0.15, 0.2) is 16.6 Å². The van der Waals surface area contributed by atoms with E-state index in [1.54, 1.807) is 36.4 Å². The number of aryl methyl sites for hydroxylation is 1. The number of ether oxygens (including phenoxy) is 3. The Hall–Kier alpha value is -4.44. The van der Waals surface area contributed by atoms with Crippen LogP contribution in [0.4, 0.5) is 5.69 Å². The van der Waals surface area contributed by atoms with Gasteiger partial charge in [-0.1, -0.05) is 25.1 Å². The Kier molecular flexibility index (Phi) is 7.69. The van der Waals surface area contributed by atoms with Crippen LogP contribution in [0.1, 0.15) is 34.4 Å². The van der Waals surface area contributed by atoms with Gasteiger partial charge < -0.3 is 18.6 Å². The van der Waals surface area contributed by atoms with Gasteiger partial charge in [0.05, 0.1) is 19.9 Å². The highest BCUT2D eigenvalue weighted by molar-refractivity contribution is 7.80. The zero-order chi connectivity index (χ0) is 26.5. The molecule has 0 bridgehead atoms. The van der Waals surface area contributed by atoms with E-state index in [2.05, 4.69) is 10.1 Å². The maximum absolute atomic E-state index is 13.3. The molecule has 190 valence electrons. The Morgan fingerprint density at radius 3 is 2.49 bits per heavy atom. The number of hydrogen-bond acceptors (Lipinski definition) is 8. The number of methoxy groups -OCH3 is 2. The molecule has 0 atom stereocenters. The highest BCUT2D eigenvalue weighted by atomic mass is 32.1. The van der Waals surface area contributed by atoms with Crippen LogP contribution in [0.3, 0.4) is 0 Å². The van der Waals surface area contributed by atoms with E-state index in [1.165, 1.54) is 31.3 Å². The Balaban J connectivity index is 1.55. The molecular formula is C27H24N2O7S. The Morgan fingerprint density at radius 2 is 1.81 bits per heavy atom. The first-order chi connectivity index (χ1) is 17.8. The first kappa shape index (κ1) is 25.6. The molecule has 0 saturated carbocycles. The second-order valence-electron chi connectivity index (χ2n) is 7.93. The van der Waals surface area contributed by atoms with E-state index in [0.717, 1.165) is 12.0 Å². The molecule has 2 aromatic carbocycles. The fourth-order valence-electron chi connectivity index (χ4n) is 3.65. The molecule has 0 aliphatic carbocycles. The summed E-state index contributed by atoms with van der Waals surface area (Å²) in [6.07, 6.45) is 2.33. The standard InChI is InChI=1S/C27H24N2O7S/c1-4-16-5-8-18(9-6-16)29-25(31)20(24(30)28-27(29)37)13-17-7-11-21(23(14-17)33-2)35-15-19-10-12-22(36-19)26(32)34-3/h5-14H,4,15H2,1-3H3,(H,28,30,37). The largest absolute Gasteiger partial charge is 0.493 e. The number of nitrogens with zero attached hydrogens (tertiary/aromatic N) is 1. The predicted octanol–water partition coefficient (Wildman–Crippen LogP) is 4.05. The van der Waals surface area contributed by atoms with Gasteiger partial charge in [0, 0.05) is 0 Å². The van der Waals surface area contributed by atoms with Crippen LogP contribution in [0.25, 0.3) is 6.08 Å². The number of anilines is 1. The van der Waals surface area contributed by atoms with Crippen molar-refractivity contribution < 1.29 is 33.0 Å². The van der Waals surface area contributed by atoms with Crippen LogP contribution in [0.2, 0.25) is 0 Å². The number of amides is 2. The van der Waals surface area contributed by atoms with Crippen molar-refractivity contribution in [1.29, 1.82) is 0 Å². The fourth-order valence-corrected chi connectivity index (χ4v) is 3.93. The number of carbonyl (C=O) groups is 3. The van der Waals surface area contributed by atoms with E-state index in [4.69, 9.17) is 26.1 Å². The molecular weight excluding hydrogens is 496 g/mol. The molecule has 1 aromatic heterocycles. The SMILES string of the molecule is CCc1ccc(N2C(=O)C(=Cc3ccc(OCc4ccc(C(=O)OC)o4)c(OC)c3)C(=O)NC2=S)cc1. The van der Waals surface area contributed by atoms with Crippen molar-refractivity contribution in [2.45, 2.75) is 20.0 Å². The van der Waals surface area contributed by atoms with E-state index in [0.29, 0.717) is 28.5 Å². The molecule has 1 aliphatic rings. The molecule has 0 spiro atoms. The van der Waals surface area contributed by atoms with Crippen LogP contribution in [0.15, 0.2) is 64.6 Å². The molecule has 1 N–H and O–H groups in total. The number of hydrogen-bond donors (Lipinski definition) is 1. The summed E-state index contributed by atoms with van der Waals surface area (Å²) in [6.45, 7) is 2.08. The highest BCUT2D eigenvalue weighted by Gasteiger charge is 2.34. The Morgan fingerprint density at radius 1 is 1.05 bits per heavy atom. The van der Waals surface area contributed by atoms with Crippen molar-refractivity contribution in [2.75, 3.05) is 19.1 Å². The lowest BCUT2D eigenvalue weighted by molar-refractivity contribution is -0.122. The molecule has 0 unspecified atom stereocenters. The van der Waals surface area contributed by atoms with Crippen LogP contribution >= 0.6 is 12.2 Å². The minimum Gasteiger partial charge on any atom is -0.493 e. The lowest BCUT2D eigenvalue weighted by atomic mass is 10.1. The summed E-state index contributed by atoms with van der Waals surface area (Å²) >= 11 is 5.27. The first-order valence-corrected chi connectivity index (χ1v) is 11.7. The third-order valence-corrected chi connectivity index (χ3v) is 5.91. The molecule has 4 rings (SSSR count). The quantitative estimate of drug-likeness (QED) is 0.205. The smallest absolute Gasteiger partial charge is 0.373 e. The third-order valence-electron chi connectivity index (χ3n) is 5.62. The summed E-state index contributed by atoms with van der Waals surface area (Å²) in [5.41, 5.74) is 2.15. The molecule has 10 heteroatoms.